The van der Waals surface area contributed by atoms with Gasteiger partial charge in [-0.1, -0.05) is 36.4 Å². The van der Waals surface area contributed by atoms with Crippen molar-refractivity contribution in [3.63, 3.8) is 0 Å². The molecule has 0 unspecified atom stereocenters. The van der Waals surface area contributed by atoms with Crippen LogP contribution in [0, 0.1) is 13.8 Å². The Morgan fingerprint density at radius 3 is 2.58 bits per heavy atom. The summed E-state index contributed by atoms with van der Waals surface area (Å²) in [6, 6.07) is 21.3. The number of aromatic nitrogens is 3. The van der Waals surface area contributed by atoms with Crippen molar-refractivity contribution >= 4 is 22.6 Å². The molecule has 0 aliphatic rings. The summed E-state index contributed by atoms with van der Waals surface area (Å²) in [5, 5.41) is 8.34. The van der Waals surface area contributed by atoms with Gasteiger partial charge >= 0.3 is 0 Å². The minimum atomic E-state index is -0.275. The summed E-state index contributed by atoms with van der Waals surface area (Å²) in [6.07, 6.45) is 0. The second-order valence-electron chi connectivity index (χ2n) is 6.21. The molecule has 1 amide bonds. The third kappa shape index (κ3) is 2.95. The lowest BCUT2D eigenvalue weighted by molar-refractivity contribution is 0.102. The Balaban J connectivity index is 1.62. The van der Waals surface area contributed by atoms with Crippen LogP contribution in [0.25, 0.3) is 16.6 Å². The van der Waals surface area contributed by atoms with Crippen molar-refractivity contribution in [2.75, 3.05) is 5.32 Å². The monoisotopic (exact) mass is 342 g/mol. The summed E-state index contributed by atoms with van der Waals surface area (Å²) in [6.45, 7) is 3.96. The Morgan fingerprint density at radius 2 is 1.73 bits per heavy atom. The number of para-hydroxylation sites is 2. The number of carbonyl (C=O) groups is 1. The van der Waals surface area contributed by atoms with Gasteiger partial charge in [0.25, 0.3) is 5.91 Å². The summed E-state index contributed by atoms with van der Waals surface area (Å²) in [7, 11) is 0. The van der Waals surface area contributed by atoms with E-state index in [1.54, 1.807) is 16.8 Å². The van der Waals surface area contributed by atoms with Crippen molar-refractivity contribution < 1.29 is 4.79 Å². The van der Waals surface area contributed by atoms with E-state index in [1.165, 1.54) is 0 Å². The van der Waals surface area contributed by atoms with Gasteiger partial charge in [-0.15, -0.1) is 0 Å². The maximum Gasteiger partial charge on any atom is 0.277 e. The van der Waals surface area contributed by atoms with Crippen LogP contribution >= 0.6 is 0 Å². The molecule has 2 aromatic carbocycles. The highest BCUT2D eigenvalue weighted by Gasteiger charge is 2.15. The highest BCUT2D eigenvalue weighted by molar-refractivity contribution is 6.02. The number of anilines is 1. The van der Waals surface area contributed by atoms with E-state index in [0.29, 0.717) is 11.5 Å². The smallest absolute Gasteiger partial charge is 0.277 e. The fraction of sp³-hybridized carbons (Fsp3) is 0.0952. The molecule has 1 N–H and O–H groups in total. The van der Waals surface area contributed by atoms with Gasteiger partial charge in [-0.25, -0.2) is 9.67 Å². The van der Waals surface area contributed by atoms with Crippen LogP contribution in [0.2, 0.25) is 0 Å². The summed E-state index contributed by atoms with van der Waals surface area (Å²) in [5.41, 5.74) is 4.17. The Labute approximate surface area is 151 Å². The molecule has 0 fully saturated rings. The minimum absolute atomic E-state index is 0.275. The zero-order valence-corrected chi connectivity index (χ0v) is 14.6. The van der Waals surface area contributed by atoms with Crippen LogP contribution in [-0.4, -0.2) is 20.7 Å². The second-order valence-corrected chi connectivity index (χ2v) is 6.21. The van der Waals surface area contributed by atoms with E-state index in [2.05, 4.69) is 15.4 Å². The molecule has 0 radical (unpaired) electrons. The molecule has 0 aliphatic carbocycles. The molecule has 2 heterocycles. The van der Waals surface area contributed by atoms with Crippen LogP contribution in [0.1, 0.15) is 21.7 Å². The minimum Gasteiger partial charge on any atom is -0.305 e. The first-order valence-electron chi connectivity index (χ1n) is 8.41. The first-order chi connectivity index (χ1) is 12.6. The SMILES string of the molecule is Cc1ccccc1-n1nc(C(=O)Nc2ccc3ccccc3n2)cc1C. The maximum atomic E-state index is 12.6. The van der Waals surface area contributed by atoms with Gasteiger partial charge < -0.3 is 5.32 Å². The number of fused-ring (bicyclic) bond motifs is 1. The number of nitrogens with zero attached hydrogens (tertiary/aromatic N) is 3. The average Bonchev–Trinajstić information content (AvgIpc) is 3.04. The van der Waals surface area contributed by atoms with E-state index >= 15 is 0 Å². The zero-order chi connectivity index (χ0) is 18.1. The van der Waals surface area contributed by atoms with Gasteiger partial charge in [-0.3, -0.25) is 4.79 Å². The number of amides is 1. The van der Waals surface area contributed by atoms with E-state index in [0.717, 1.165) is 27.8 Å². The van der Waals surface area contributed by atoms with E-state index < -0.39 is 0 Å². The summed E-state index contributed by atoms with van der Waals surface area (Å²) in [5.74, 6) is 0.236. The molecule has 0 saturated carbocycles. The highest BCUT2D eigenvalue weighted by Crippen LogP contribution is 2.18. The van der Waals surface area contributed by atoms with Crippen LogP contribution in [-0.2, 0) is 0 Å². The van der Waals surface area contributed by atoms with Crippen LogP contribution < -0.4 is 5.32 Å². The standard InChI is InChI=1S/C21H18N4O/c1-14-7-3-6-10-19(14)25-15(2)13-18(24-25)21(26)23-20-12-11-16-8-4-5-9-17(16)22-20/h3-13H,1-2H3,(H,22,23,26). The Hall–Kier alpha value is -3.47. The molecule has 0 spiro atoms. The normalized spacial score (nSPS) is 10.8. The second kappa shape index (κ2) is 6.44. The van der Waals surface area contributed by atoms with Crippen LogP contribution in [0.4, 0.5) is 5.82 Å². The number of benzene rings is 2. The van der Waals surface area contributed by atoms with Crippen molar-refractivity contribution in [3.8, 4) is 5.69 Å². The summed E-state index contributed by atoms with van der Waals surface area (Å²) < 4.78 is 1.79. The van der Waals surface area contributed by atoms with Crippen molar-refractivity contribution in [3.05, 3.63) is 83.7 Å². The Kier molecular flexibility index (Phi) is 3.97. The lowest BCUT2D eigenvalue weighted by Gasteiger charge is -2.07. The average molecular weight is 342 g/mol. The van der Waals surface area contributed by atoms with Gasteiger partial charge in [-0.2, -0.15) is 5.10 Å². The molecule has 0 saturated heterocycles. The topological polar surface area (TPSA) is 59.8 Å². The molecule has 0 bridgehead atoms. The fourth-order valence-electron chi connectivity index (χ4n) is 2.95. The molecule has 128 valence electrons. The molecule has 4 rings (SSSR count). The van der Waals surface area contributed by atoms with Crippen molar-refractivity contribution in [2.24, 2.45) is 0 Å². The summed E-state index contributed by atoms with van der Waals surface area (Å²) in [4.78, 5) is 17.1. The van der Waals surface area contributed by atoms with E-state index in [4.69, 9.17) is 0 Å². The molecule has 5 heteroatoms. The van der Waals surface area contributed by atoms with Gasteiger partial charge in [0.2, 0.25) is 0 Å². The molecule has 2 aromatic heterocycles. The van der Waals surface area contributed by atoms with E-state index in [1.807, 2.05) is 68.4 Å². The predicted octanol–water partition coefficient (Wildman–Crippen LogP) is 4.29. The molecular formula is C21H18N4O. The molecule has 5 nitrogen and oxygen atoms in total. The van der Waals surface area contributed by atoms with Crippen LogP contribution in [0.5, 0.6) is 0 Å². The highest BCUT2D eigenvalue weighted by atomic mass is 16.2. The Morgan fingerprint density at radius 1 is 0.962 bits per heavy atom. The van der Waals surface area contributed by atoms with Gasteiger partial charge in [0.15, 0.2) is 5.69 Å². The van der Waals surface area contributed by atoms with Crippen LogP contribution in [0.15, 0.2) is 66.7 Å². The lowest BCUT2D eigenvalue weighted by atomic mass is 10.2. The number of carbonyl (C=O) groups excluding carboxylic acids is 1. The maximum absolute atomic E-state index is 12.6. The van der Waals surface area contributed by atoms with Gasteiger partial charge in [0.1, 0.15) is 5.82 Å². The third-order valence-corrected chi connectivity index (χ3v) is 4.30. The van der Waals surface area contributed by atoms with Gasteiger partial charge in [0.05, 0.1) is 11.2 Å². The van der Waals surface area contributed by atoms with Crippen molar-refractivity contribution in [2.45, 2.75) is 13.8 Å². The van der Waals surface area contributed by atoms with E-state index in [-0.39, 0.29) is 5.91 Å². The van der Waals surface area contributed by atoms with E-state index in [9.17, 15) is 4.79 Å². The first-order valence-corrected chi connectivity index (χ1v) is 8.41. The molecule has 0 aliphatic heterocycles. The Bertz CT molecular complexity index is 1110. The number of rotatable bonds is 3. The first kappa shape index (κ1) is 16.0. The number of aryl methyl sites for hydroxylation is 2. The zero-order valence-electron chi connectivity index (χ0n) is 14.6. The molecular weight excluding hydrogens is 324 g/mol. The van der Waals surface area contributed by atoms with Crippen LogP contribution in [0.3, 0.4) is 0 Å². The number of pyridine rings is 1. The number of hydrogen-bond donors (Lipinski definition) is 1. The largest absolute Gasteiger partial charge is 0.305 e. The van der Waals surface area contributed by atoms with Gasteiger partial charge in [-0.05, 0) is 49.7 Å². The lowest BCUT2D eigenvalue weighted by Crippen LogP contribution is -2.14. The fourth-order valence-corrected chi connectivity index (χ4v) is 2.95. The van der Waals surface area contributed by atoms with Crippen molar-refractivity contribution in [1.29, 1.82) is 0 Å². The number of nitrogens with one attached hydrogen (secondary N) is 1. The quantitative estimate of drug-likeness (QED) is 0.604. The molecule has 0 atom stereocenters. The van der Waals surface area contributed by atoms with Crippen molar-refractivity contribution in [1.82, 2.24) is 14.8 Å². The molecule has 4 aromatic rings. The predicted molar refractivity (Wildman–Crippen MR) is 103 cm³/mol. The number of hydrogen-bond acceptors (Lipinski definition) is 3. The molecule has 26 heavy (non-hydrogen) atoms. The third-order valence-electron chi connectivity index (χ3n) is 4.30. The summed E-state index contributed by atoms with van der Waals surface area (Å²) >= 11 is 0. The van der Waals surface area contributed by atoms with Gasteiger partial charge in [0, 0.05) is 11.1 Å².